The van der Waals surface area contributed by atoms with Gasteiger partial charge in [-0.05, 0) is 116 Å². The first-order valence-corrected chi connectivity index (χ1v) is 20.9. The zero-order chi connectivity index (χ0) is 40.9. The number of aliphatic hydroxyl groups excluding tert-OH is 6. The van der Waals surface area contributed by atoms with Gasteiger partial charge in [-0.1, -0.05) is 34.6 Å². The molecule has 0 aromatic heterocycles. The fraction of sp³-hybridized carbons (Fsp3) is 0.837. The van der Waals surface area contributed by atoms with Gasteiger partial charge in [0.25, 0.3) is 0 Å². The lowest BCUT2D eigenvalue weighted by atomic mass is 9.43. The molecule has 1 saturated heterocycles. The Labute approximate surface area is 332 Å². The van der Waals surface area contributed by atoms with E-state index in [2.05, 4.69) is 34.6 Å². The van der Waals surface area contributed by atoms with Gasteiger partial charge >= 0.3 is 5.97 Å². The summed E-state index contributed by atoms with van der Waals surface area (Å²) in [7, 11) is 4.28. The summed E-state index contributed by atoms with van der Waals surface area (Å²) in [5.74, 6) is 1.14. The molecule has 5 fully saturated rings. The Hall–Kier alpha value is -2.23. The molecule has 5 aliphatic rings. The van der Waals surface area contributed by atoms with E-state index >= 15 is 0 Å². The van der Waals surface area contributed by atoms with Gasteiger partial charge in [0.1, 0.15) is 18.3 Å². The Morgan fingerprint density at radius 2 is 1.57 bits per heavy atom. The van der Waals surface area contributed by atoms with Crippen LogP contribution in [-0.4, -0.2) is 120 Å². The van der Waals surface area contributed by atoms with Crippen molar-refractivity contribution >= 4 is 5.97 Å². The average molecular weight is 793 g/mol. The second-order valence-corrected chi connectivity index (χ2v) is 18.5. The van der Waals surface area contributed by atoms with Crippen molar-refractivity contribution in [3.8, 4) is 17.2 Å². The molecule has 1 aromatic carbocycles. The number of hydrogen-bond donors (Lipinski definition) is 6. The number of aliphatic hydroxyl groups is 6. The molecule has 6 N–H and O–H groups in total. The van der Waals surface area contributed by atoms with Crippen LogP contribution >= 0.6 is 0 Å². The SMILES string of the molecule is COc1cc(C(=O)O[C@H]2[C@H](O[C@@H]3C[C@H](O)C[C@@H]4CC[C@H]5[C@@H]6C[C@H](O)[C@H]([C@H](C)[C@@H](O)CCC(C)C)[C@@]6(C)CC[C@@H]5[C@]43C)O[C@H](CO)[C@@H](O)[C@@H]2O)cc(OC)c1OC. The molecule has 4 aliphatic carbocycles. The summed E-state index contributed by atoms with van der Waals surface area (Å²) in [6, 6.07) is 2.84. The van der Waals surface area contributed by atoms with Crippen molar-refractivity contribution in [2.45, 2.75) is 148 Å². The van der Waals surface area contributed by atoms with Crippen LogP contribution in [0.3, 0.4) is 0 Å². The summed E-state index contributed by atoms with van der Waals surface area (Å²) in [4.78, 5) is 13.8. The van der Waals surface area contributed by atoms with Crippen molar-refractivity contribution < 1.29 is 63.9 Å². The zero-order valence-corrected chi connectivity index (χ0v) is 34.5. The molecular formula is C43H68O13. The van der Waals surface area contributed by atoms with Crippen LogP contribution in [0.5, 0.6) is 17.2 Å². The molecule has 1 aliphatic heterocycles. The van der Waals surface area contributed by atoms with E-state index in [1.165, 1.54) is 33.5 Å². The highest BCUT2D eigenvalue weighted by Gasteiger charge is 2.65. The standard InChI is InChI=1S/C43H68O13/c1-21(2)9-12-29(46)22(3)35-30(47)19-28-26-11-10-24-17-25(45)18-34(43(24,5)27(26)13-14-42(28,35)4)55-41-39(37(49)36(48)33(20-44)54-41)56-40(50)23-15-31(51-6)38(53-8)32(16-23)52-7/h15-16,21-22,24-30,33-37,39,41,44-49H,9-14,17-20H2,1-8H3/t22-,24+,25-,26-,27+,28+,29+,30+,33-,34-,35+,36-,37+,39-,41+,42+,43+/m1/s1. The number of fused-ring (bicyclic) bond motifs is 5. The van der Waals surface area contributed by atoms with E-state index in [0.29, 0.717) is 25.2 Å². The highest BCUT2D eigenvalue weighted by atomic mass is 16.7. The number of rotatable bonds is 13. The normalized spacial score (nSPS) is 41.9. The van der Waals surface area contributed by atoms with Gasteiger partial charge in [0, 0.05) is 6.42 Å². The van der Waals surface area contributed by atoms with Crippen molar-refractivity contribution in [2.24, 2.45) is 52.3 Å². The summed E-state index contributed by atoms with van der Waals surface area (Å²) in [5, 5.41) is 66.8. The van der Waals surface area contributed by atoms with Crippen molar-refractivity contribution in [2.75, 3.05) is 27.9 Å². The van der Waals surface area contributed by atoms with Crippen LogP contribution in [-0.2, 0) is 14.2 Å². The minimum atomic E-state index is -1.67. The smallest absolute Gasteiger partial charge is 0.338 e. The number of ether oxygens (including phenoxy) is 6. The van der Waals surface area contributed by atoms with Crippen LogP contribution in [0.25, 0.3) is 0 Å². The van der Waals surface area contributed by atoms with Gasteiger partial charge in [-0.15, -0.1) is 0 Å². The highest BCUT2D eigenvalue weighted by molar-refractivity contribution is 5.91. The van der Waals surface area contributed by atoms with Crippen LogP contribution in [0, 0.1) is 52.3 Å². The summed E-state index contributed by atoms with van der Waals surface area (Å²) < 4.78 is 35.1. The third kappa shape index (κ3) is 7.69. The first-order valence-electron chi connectivity index (χ1n) is 20.9. The van der Waals surface area contributed by atoms with E-state index in [-0.39, 0.29) is 63.7 Å². The van der Waals surface area contributed by atoms with Gasteiger partial charge in [0.15, 0.2) is 23.9 Å². The van der Waals surface area contributed by atoms with Crippen LogP contribution in [0.4, 0.5) is 0 Å². The van der Waals surface area contributed by atoms with Crippen molar-refractivity contribution in [3.63, 3.8) is 0 Å². The van der Waals surface area contributed by atoms with E-state index < -0.39 is 73.1 Å². The molecule has 4 saturated carbocycles. The molecule has 0 unspecified atom stereocenters. The maximum atomic E-state index is 13.8. The second-order valence-electron chi connectivity index (χ2n) is 18.5. The van der Waals surface area contributed by atoms with E-state index in [1.54, 1.807) is 0 Å². The summed E-state index contributed by atoms with van der Waals surface area (Å²) in [6.07, 6.45) is -2.66. The number of carbonyl (C=O) groups excluding carboxylic acids is 1. The zero-order valence-electron chi connectivity index (χ0n) is 34.5. The maximum absolute atomic E-state index is 13.8. The summed E-state index contributed by atoms with van der Waals surface area (Å²) >= 11 is 0. The maximum Gasteiger partial charge on any atom is 0.338 e. The van der Waals surface area contributed by atoms with Crippen molar-refractivity contribution in [1.29, 1.82) is 0 Å². The quantitative estimate of drug-likeness (QED) is 0.157. The second kappa shape index (κ2) is 17.2. The fourth-order valence-corrected chi connectivity index (χ4v) is 12.3. The molecule has 0 spiro atoms. The van der Waals surface area contributed by atoms with Gasteiger partial charge in [0.05, 0.1) is 57.9 Å². The average Bonchev–Trinajstić information content (AvgIpc) is 3.45. The van der Waals surface area contributed by atoms with Crippen molar-refractivity contribution in [1.82, 2.24) is 0 Å². The number of hydrogen-bond acceptors (Lipinski definition) is 13. The molecule has 13 heteroatoms. The van der Waals surface area contributed by atoms with Crippen molar-refractivity contribution in [3.05, 3.63) is 17.7 Å². The Bertz CT molecular complexity index is 1480. The van der Waals surface area contributed by atoms with Gasteiger partial charge in [-0.2, -0.15) is 0 Å². The molecule has 1 heterocycles. The van der Waals surface area contributed by atoms with Crippen LogP contribution in [0.1, 0.15) is 103 Å². The third-order valence-corrected chi connectivity index (χ3v) is 15.3. The van der Waals surface area contributed by atoms with Crippen LogP contribution in [0.2, 0.25) is 0 Å². The molecule has 0 radical (unpaired) electrons. The lowest BCUT2D eigenvalue weighted by molar-refractivity contribution is -0.332. The number of carbonyl (C=O) groups is 1. The Kier molecular flexibility index (Phi) is 13.3. The monoisotopic (exact) mass is 792 g/mol. The van der Waals surface area contributed by atoms with E-state index in [4.69, 9.17) is 28.4 Å². The van der Waals surface area contributed by atoms with E-state index in [1.807, 2.05) is 0 Å². The molecule has 56 heavy (non-hydrogen) atoms. The highest BCUT2D eigenvalue weighted by Crippen LogP contribution is 2.69. The summed E-state index contributed by atoms with van der Waals surface area (Å²) in [5.41, 5.74) is -0.553. The lowest BCUT2D eigenvalue weighted by Gasteiger charge is -2.63. The molecular weight excluding hydrogens is 724 g/mol. The first kappa shape index (κ1) is 43.4. The topological polar surface area (TPSA) is 194 Å². The van der Waals surface area contributed by atoms with Crippen LogP contribution in [0.15, 0.2) is 12.1 Å². The fourth-order valence-electron chi connectivity index (χ4n) is 12.3. The van der Waals surface area contributed by atoms with Crippen LogP contribution < -0.4 is 14.2 Å². The van der Waals surface area contributed by atoms with Gasteiger partial charge in [0.2, 0.25) is 5.75 Å². The Morgan fingerprint density at radius 1 is 0.893 bits per heavy atom. The Balaban J connectivity index is 1.27. The minimum absolute atomic E-state index is 0.0126. The molecule has 0 amide bonds. The predicted octanol–water partition coefficient (Wildman–Crippen LogP) is 4.10. The lowest BCUT2D eigenvalue weighted by Crippen LogP contribution is -2.64. The third-order valence-electron chi connectivity index (χ3n) is 15.3. The Morgan fingerprint density at radius 3 is 2.18 bits per heavy atom. The molecule has 6 rings (SSSR count). The molecule has 318 valence electrons. The largest absolute Gasteiger partial charge is 0.493 e. The van der Waals surface area contributed by atoms with E-state index in [0.717, 1.165) is 38.5 Å². The first-order chi connectivity index (χ1) is 26.5. The molecule has 17 atom stereocenters. The van der Waals surface area contributed by atoms with E-state index in [9.17, 15) is 35.4 Å². The van der Waals surface area contributed by atoms with Gasteiger partial charge < -0.3 is 59.1 Å². The molecule has 1 aromatic rings. The van der Waals surface area contributed by atoms with Gasteiger partial charge in [-0.3, -0.25) is 0 Å². The number of benzene rings is 1. The predicted molar refractivity (Wildman–Crippen MR) is 205 cm³/mol. The summed E-state index contributed by atoms with van der Waals surface area (Å²) in [6.45, 7) is 10.4. The number of esters is 1. The minimum Gasteiger partial charge on any atom is -0.493 e. The molecule has 13 nitrogen and oxygen atoms in total. The molecule has 0 bridgehead atoms. The van der Waals surface area contributed by atoms with Gasteiger partial charge in [-0.25, -0.2) is 4.79 Å². The number of methoxy groups -OCH3 is 3.